The first kappa shape index (κ1) is 15.4. The van der Waals surface area contributed by atoms with E-state index in [1.165, 1.54) is 19.3 Å². The van der Waals surface area contributed by atoms with E-state index in [2.05, 4.69) is 18.7 Å². The fraction of sp³-hybridized carbons (Fsp3) is 0.562. The van der Waals surface area contributed by atoms with Crippen LogP contribution in [0.25, 0.3) is 0 Å². The Morgan fingerprint density at radius 3 is 2.35 bits per heavy atom. The van der Waals surface area contributed by atoms with Crippen LogP contribution in [0.4, 0.5) is 0 Å². The lowest BCUT2D eigenvalue weighted by atomic mass is 9.96. The molecule has 3 atom stereocenters. The molecule has 1 aliphatic heterocycles. The standard InChI is InChI=1S/C16H24N2OS/c1-11-4-3-5-12(2)18(11)10-15(19)13-6-8-14(9-7-13)16(17)20/h6-9,11-12,15,19H,3-5,10H2,1-2H3,(H2,17,20). The lowest BCUT2D eigenvalue weighted by molar-refractivity contribution is 0.0412. The van der Waals surface area contributed by atoms with Crippen LogP contribution in [0, 0.1) is 0 Å². The minimum Gasteiger partial charge on any atom is -0.389 e. The number of hydrogen-bond acceptors (Lipinski definition) is 3. The van der Waals surface area contributed by atoms with Gasteiger partial charge >= 0.3 is 0 Å². The third-order valence-electron chi connectivity index (χ3n) is 4.34. The third kappa shape index (κ3) is 3.57. The maximum Gasteiger partial charge on any atom is 0.103 e. The van der Waals surface area contributed by atoms with Gasteiger partial charge in [0.05, 0.1) is 6.10 Å². The number of piperidine rings is 1. The molecule has 1 aromatic carbocycles. The number of aliphatic hydroxyl groups is 1. The lowest BCUT2D eigenvalue weighted by Crippen LogP contribution is -2.45. The van der Waals surface area contributed by atoms with Crippen LogP contribution in [0.15, 0.2) is 24.3 Å². The highest BCUT2D eigenvalue weighted by molar-refractivity contribution is 7.80. The molecule has 1 saturated heterocycles. The molecule has 1 aromatic rings. The molecule has 0 bridgehead atoms. The largest absolute Gasteiger partial charge is 0.389 e. The van der Waals surface area contributed by atoms with E-state index in [1.807, 2.05) is 24.3 Å². The highest BCUT2D eigenvalue weighted by Crippen LogP contribution is 2.25. The summed E-state index contributed by atoms with van der Waals surface area (Å²) >= 11 is 4.94. The van der Waals surface area contributed by atoms with Gasteiger partial charge in [-0.05, 0) is 32.3 Å². The molecule has 2 rings (SSSR count). The average molecular weight is 292 g/mol. The van der Waals surface area contributed by atoms with Gasteiger partial charge in [0.2, 0.25) is 0 Å². The molecular weight excluding hydrogens is 268 g/mol. The van der Waals surface area contributed by atoms with E-state index < -0.39 is 6.10 Å². The van der Waals surface area contributed by atoms with Crippen molar-refractivity contribution < 1.29 is 5.11 Å². The van der Waals surface area contributed by atoms with Gasteiger partial charge in [0.25, 0.3) is 0 Å². The summed E-state index contributed by atoms with van der Waals surface area (Å²) in [6, 6.07) is 8.68. The van der Waals surface area contributed by atoms with Gasteiger partial charge in [0, 0.05) is 24.2 Å². The predicted molar refractivity (Wildman–Crippen MR) is 86.8 cm³/mol. The van der Waals surface area contributed by atoms with Crippen LogP contribution in [0.1, 0.15) is 50.3 Å². The summed E-state index contributed by atoms with van der Waals surface area (Å²) < 4.78 is 0. The minimum absolute atomic E-state index is 0.393. The zero-order valence-electron chi connectivity index (χ0n) is 12.2. The normalized spacial score (nSPS) is 25.4. The molecule has 0 saturated carbocycles. The molecule has 0 radical (unpaired) electrons. The molecule has 1 aliphatic rings. The van der Waals surface area contributed by atoms with E-state index >= 15 is 0 Å². The number of nitrogens with zero attached hydrogens (tertiary/aromatic N) is 1. The van der Waals surface area contributed by atoms with E-state index in [4.69, 9.17) is 18.0 Å². The van der Waals surface area contributed by atoms with E-state index in [1.54, 1.807) is 0 Å². The number of nitrogens with two attached hydrogens (primary N) is 1. The molecule has 3 nitrogen and oxygen atoms in total. The van der Waals surface area contributed by atoms with Crippen LogP contribution in [0.5, 0.6) is 0 Å². The Bertz CT molecular complexity index is 450. The summed E-state index contributed by atoms with van der Waals surface area (Å²) in [7, 11) is 0. The monoisotopic (exact) mass is 292 g/mol. The molecular formula is C16H24N2OS. The summed E-state index contributed by atoms with van der Waals surface area (Å²) in [4.78, 5) is 2.81. The number of rotatable bonds is 4. The minimum atomic E-state index is -0.460. The molecule has 110 valence electrons. The number of thiocarbonyl (C=S) groups is 1. The lowest BCUT2D eigenvalue weighted by Gasteiger charge is -2.40. The van der Waals surface area contributed by atoms with Crippen molar-refractivity contribution in [3.63, 3.8) is 0 Å². The summed E-state index contributed by atoms with van der Waals surface area (Å²) in [6.45, 7) is 5.19. The number of β-amino-alcohol motifs (C(OH)–C–C–N with tert-alkyl or cyclic N) is 1. The van der Waals surface area contributed by atoms with Crippen LogP contribution >= 0.6 is 12.2 Å². The molecule has 20 heavy (non-hydrogen) atoms. The van der Waals surface area contributed by atoms with Crippen molar-refractivity contribution in [2.45, 2.75) is 51.3 Å². The van der Waals surface area contributed by atoms with Gasteiger partial charge in [-0.3, -0.25) is 4.90 Å². The maximum atomic E-state index is 10.4. The van der Waals surface area contributed by atoms with Crippen molar-refractivity contribution >= 4 is 17.2 Å². The molecule has 0 amide bonds. The topological polar surface area (TPSA) is 49.5 Å². The zero-order chi connectivity index (χ0) is 14.7. The zero-order valence-corrected chi connectivity index (χ0v) is 13.1. The van der Waals surface area contributed by atoms with E-state index in [-0.39, 0.29) is 0 Å². The molecule has 1 heterocycles. The molecule has 1 fully saturated rings. The second-order valence-electron chi connectivity index (χ2n) is 5.83. The SMILES string of the molecule is CC1CCCC(C)N1CC(O)c1ccc(C(N)=S)cc1. The fourth-order valence-electron chi connectivity index (χ4n) is 3.01. The van der Waals surface area contributed by atoms with E-state index in [0.717, 1.165) is 11.1 Å². The van der Waals surface area contributed by atoms with Crippen molar-refractivity contribution in [1.29, 1.82) is 0 Å². The summed E-state index contributed by atoms with van der Waals surface area (Å²) in [5.41, 5.74) is 7.36. The highest BCUT2D eigenvalue weighted by Gasteiger charge is 2.26. The first-order chi connectivity index (χ1) is 9.49. The summed E-state index contributed by atoms with van der Waals surface area (Å²) in [5, 5.41) is 10.4. The number of likely N-dealkylation sites (tertiary alicyclic amines) is 1. The number of benzene rings is 1. The second-order valence-corrected chi connectivity index (χ2v) is 6.27. The van der Waals surface area contributed by atoms with Crippen molar-refractivity contribution in [1.82, 2.24) is 4.90 Å². The van der Waals surface area contributed by atoms with Crippen molar-refractivity contribution in [3.05, 3.63) is 35.4 Å². The fourth-order valence-corrected chi connectivity index (χ4v) is 3.15. The van der Waals surface area contributed by atoms with Crippen molar-refractivity contribution in [2.24, 2.45) is 5.73 Å². The second kappa shape index (κ2) is 6.66. The molecule has 0 spiro atoms. The first-order valence-corrected chi connectivity index (χ1v) is 7.73. The molecule has 0 aromatic heterocycles. The van der Waals surface area contributed by atoms with Gasteiger partial charge < -0.3 is 10.8 Å². The Morgan fingerprint density at radius 1 is 1.30 bits per heavy atom. The van der Waals surface area contributed by atoms with Crippen LogP contribution in [-0.2, 0) is 0 Å². The van der Waals surface area contributed by atoms with Gasteiger partial charge in [-0.2, -0.15) is 0 Å². The van der Waals surface area contributed by atoms with Crippen LogP contribution in [0.2, 0.25) is 0 Å². The molecule has 3 unspecified atom stereocenters. The average Bonchev–Trinajstić information content (AvgIpc) is 2.43. The maximum absolute atomic E-state index is 10.4. The Morgan fingerprint density at radius 2 is 1.85 bits per heavy atom. The van der Waals surface area contributed by atoms with Gasteiger partial charge in [-0.25, -0.2) is 0 Å². The Labute approximate surface area is 126 Å². The van der Waals surface area contributed by atoms with E-state index in [0.29, 0.717) is 23.6 Å². The Hall–Kier alpha value is -0.970. The van der Waals surface area contributed by atoms with Crippen LogP contribution < -0.4 is 5.73 Å². The van der Waals surface area contributed by atoms with Crippen molar-refractivity contribution in [3.8, 4) is 0 Å². The number of hydrogen-bond donors (Lipinski definition) is 2. The number of aliphatic hydroxyl groups excluding tert-OH is 1. The first-order valence-electron chi connectivity index (χ1n) is 7.32. The Kier molecular flexibility index (Phi) is 5.13. The summed E-state index contributed by atoms with van der Waals surface area (Å²) in [5.74, 6) is 0. The molecule has 4 heteroatoms. The molecule has 0 aliphatic carbocycles. The smallest absolute Gasteiger partial charge is 0.103 e. The van der Waals surface area contributed by atoms with Gasteiger partial charge in [-0.15, -0.1) is 0 Å². The van der Waals surface area contributed by atoms with E-state index in [9.17, 15) is 5.11 Å². The van der Waals surface area contributed by atoms with Crippen LogP contribution in [-0.4, -0.2) is 33.6 Å². The highest BCUT2D eigenvalue weighted by atomic mass is 32.1. The van der Waals surface area contributed by atoms with Crippen molar-refractivity contribution in [2.75, 3.05) is 6.54 Å². The van der Waals surface area contributed by atoms with Crippen LogP contribution in [0.3, 0.4) is 0 Å². The third-order valence-corrected chi connectivity index (χ3v) is 4.58. The summed E-state index contributed by atoms with van der Waals surface area (Å²) in [6.07, 6.45) is 3.27. The predicted octanol–water partition coefficient (Wildman–Crippen LogP) is 2.62. The quantitative estimate of drug-likeness (QED) is 0.838. The molecule has 3 N–H and O–H groups in total. The van der Waals surface area contributed by atoms with Gasteiger partial charge in [0.15, 0.2) is 0 Å². The van der Waals surface area contributed by atoms with Gasteiger partial charge in [0.1, 0.15) is 4.99 Å². The Balaban J connectivity index is 2.03. The van der Waals surface area contributed by atoms with Gasteiger partial charge in [-0.1, -0.05) is 42.9 Å².